The van der Waals surface area contributed by atoms with Gasteiger partial charge in [-0.3, -0.25) is 0 Å². The van der Waals surface area contributed by atoms with Crippen molar-refractivity contribution in [2.45, 2.75) is 12.8 Å². The summed E-state index contributed by atoms with van der Waals surface area (Å²) in [5, 5.41) is 20.2. The maximum Gasteiger partial charge on any atom is 0.240 e. The molecular weight excluding hydrogens is 146 g/mol. The lowest BCUT2D eigenvalue weighted by atomic mass is 10.4. The van der Waals surface area contributed by atoms with Gasteiger partial charge in [0, 0.05) is 6.42 Å². The second kappa shape index (κ2) is 3.68. The van der Waals surface area contributed by atoms with E-state index in [4.69, 9.17) is 10.4 Å². The molecule has 0 radical (unpaired) electrons. The molecule has 1 heterocycles. The summed E-state index contributed by atoms with van der Waals surface area (Å²) >= 11 is 0. The number of hydrogen-bond donors (Lipinski definition) is 1. The van der Waals surface area contributed by atoms with Crippen molar-refractivity contribution >= 4 is 0 Å². The first-order valence-electron chi connectivity index (χ1n) is 3.16. The summed E-state index contributed by atoms with van der Waals surface area (Å²) in [6.45, 7) is -0.00841. The summed E-state index contributed by atoms with van der Waals surface area (Å²) in [4.78, 5) is 3.83. The highest BCUT2D eigenvalue weighted by Crippen LogP contribution is 1.97. The van der Waals surface area contributed by atoms with E-state index in [0.717, 1.165) is 0 Å². The first kappa shape index (κ1) is 7.69. The Hall–Kier alpha value is -1.41. The molecule has 0 unspecified atom stereocenters. The molecule has 0 aromatic carbocycles. The second-order valence-corrected chi connectivity index (χ2v) is 1.91. The highest BCUT2D eigenvalue weighted by Gasteiger charge is 2.03. The van der Waals surface area contributed by atoms with E-state index in [-0.39, 0.29) is 13.0 Å². The van der Waals surface area contributed by atoms with Gasteiger partial charge in [0.05, 0.1) is 12.7 Å². The average molecular weight is 153 g/mol. The number of nitrogens with zero attached hydrogens (tertiary/aromatic N) is 3. The summed E-state index contributed by atoms with van der Waals surface area (Å²) in [6.07, 6.45) is 0.493. The Labute approximate surface area is 63.3 Å². The Morgan fingerprint density at radius 1 is 1.64 bits per heavy atom. The summed E-state index contributed by atoms with van der Waals surface area (Å²) in [7, 11) is 0. The van der Waals surface area contributed by atoms with Gasteiger partial charge >= 0.3 is 0 Å². The van der Waals surface area contributed by atoms with Crippen LogP contribution in [0.5, 0.6) is 0 Å². The maximum absolute atomic E-state index is 8.47. The third-order valence-electron chi connectivity index (χ3n) is 1.08. The fraction of sp³-hybridized carbons (Fsp3) is 0.500. The molecular formula is C6H7N3O2. The zero-order chi connectivity index (χ0) is 8.10. The maximum atomic E-state index is 8.47. The number of hydrogen-bond acceptors (Lipinski definition) is 5. The van der Waals surface area contributed by atoms with E-state index >= 15 is 0 Å². The normalized spacial score (nSPS) is 9.45. The van der Waals surface area contributed by atoms with Gasteiger partial charge in [-0.15, -0.1) is 0 Å². The molecule has 0 saturated heterocycles. The Balaban J connectivity index is 2.60. The summed E-state index contributed by atoms with van der Waals surface area (Å²) < 4.78 is 4.66. The molecule has 5 heteroatoms. The Morgan fingerprint density at radius 3 is 3.09 bits per heavy atom. The summed E-state index contributed by atoms with van der Waals surface area (Å²) in [5.74, 6) is 0.744. The first-order valence-corrected chi connectivity index (χ1v) is 3.16. The molecule has 0 aliphatic heterocycles. The van der Waals surface area contributed by atoms with Crippen molar-refractivity contribution in [3.63, 3.8) is 0 Å². The van der Waals surface area contributed by atoms with Crippen molar-refractivity contribution in [1.82, 2.24) is 10.1 Å². The lowest BCUT2D eigenvalue weighted by Gasteiger charge is -1.82. The molecule has 0 fully saturated rings. The number of aliphatic hydroxyl groups excluding tert-OH is 1. The van der Waals surface area contributed by atoms with Crippen molar-refractivity contribution < 1.29 is 9.63 Å². The molecule has 0 saturated carbocycles. The van der Waals surface area contributed by atoms with Crippen LogP contribution in [0, 0.1) is 11.3 Å². The largest absolute Gasteiger partial charge is 0.396 e. The number of nitriles is 1. The predicted molar refractivity (Wildman–Crippen MR) is 34.4 cm³/mol. The van der Waals surface area contributed by atoms with Crippen LogP contribution in [0.2, 0.25) is 0 Å². The van der Waals surface area contributed by atoms with Crippen LogP contribution >= 0.6 is 0 Å². The SMILES string of the molecule is N#CCc1nc(CCO)no1. The number of aliphatic hydroxyl groups is 1. The smallest absolute Gasteiger partial charge is 0.240 e. The third kappa shape index (κ3) is 2.02. The van der Waals surface area contributed by atoms with Crippen LogP contribution < -0.4 is 0 Å². The molecule has 0 aliphatic rings. The Bertz CT molecular complexity index is 263. The minimum atomic E-state index is -0.00841. The van der Waals surface area contributed by atoms with Crippen molar-refractivity contribution in [2.24, 2.45) is 0 Å². The van der Waals surface area contributed by atoms with Crippen molar-refractivity contribution in [3.8, 4) is 6.07 Å². The van der Waals surface area contributed by atoms with E-state index < -0.39 is 0 Å². The lowest BCUT2D eigenvalue weighted by Crippen LogP contribution is -1.92. The lowest BCUT2D eigenvalue weighted by molar-refractivity contribution is 0.293. The molecule has 11 heavy (non-hydrogen) atoms. The molecule has 5 nitrogen and oxygen atoms in total. The van der Waals surface area contributed by atoms with Gasteiger partial charge in [-0.05, 0) is 0 Å². The predicted octanol–water partition coefficient (Wildman–Crippen LogP) is -0.330. The topological polar surface area (TPSA) is 82.9 Å². The summed E-state index contributed by atoms with van der Waals surface area (Å²) in [6, 6.07) is 1.88. The van der Waals surface area contributed by atoms with E-state index in [9.17, 15) is 0 Å². The third-order valence-corrected chi connectivity index (χ3v) is 1.08. The second-order valence-electron chi connectivity index (χ2n) is 1.91. The van der Waals surface area contributed by atoms with Crippen molar-refractivity contribution in [1.29, 1.82) is 5.26 Å². The highest BCUT2D eigenvalue weighted by atomic mass is 16.5. The zero-order valence-electron chi connectivity index (χ0n) is 5.82. The van der Waals surface area contributed by atoms with Crippen LogP contribution in [0.4, 0.5) is 0 Å². The molecule has 0 bridgehead atoms. The fourth-order valence-electron chi connectivity index (χ4n) is 0.631. The number of rotatable bonds is 3. The van der Waals surface area contributed by atoms with Crippen LogP contribution in [0.15, 0.2) is 4.52 Å². The van der Waals surface area contributed by atoms with Gasteiger partial charge < -0.3 is 9.63 Å². The first-order chi connectivity index (χ1) is 5.36. The molecule has 0 atom stereocenters. The molecule has 1 rings (SSSR count). The van der Waals surface area contributed by atoms with Crippen LogP contribution in [-0.2, 0) is 12.8 Å². The molecule has 0 aliphatic carbocycles. The van der Waals surface area contributed by atoms with Gasteiger partial charge in [0.15, 0.2) is 5.82 Å². The van der Waals surface area contributed by atoms with Gasteiger partial charge in [-0.1, -0.05) is 5.16 Å². The van der Waals surface area contributed by atoms with Crippen LogP contribution in [0.3, 0.4) is 0 Å². The van der Waals surface area contributed by atoms with Crippen molar-refractivity contribution in [3.05, 3.63) is 11.7 Å². The van der Waals surface area contributed by atoms with E-state index in [1.165, 1.54) is 0 Å². The van der Waals surface area contributed by atoms with E-state index in [0.29, 0.717) is 18.1 Å². The molecule has 58 valence electrons. The van der Waals surface area contributed by atoms with E-state index in [1.54, 1.807) is 0 Å². The molecule has 1 N–H and O–H groups in total. The molecule has 0 spiro atoms. The minimum Gasteiger partial charge on any atom is -0.396 e. The average Bonchev–Trinajstić information content (AvgIpc) is 2.38. The van der Waals surface area contributed by atoms with Crippen LogP contribution in [0.25, 0.3) is 0 Å². The van der Waals surface area contributed by atoms with E-state index in [2.05, 4.69) is 14.7 Å². The number of aromatic nitrogens is 2. The Morgan fingerprint density at radius 2 is 2.45 bits per heavy atom. The Kier molecular flexibility index (Phi) is 2.58. The highest BCUT2D eigenvalue weighted by molar-refractivity contribution is 4.92. The van der Waals surface area contributed by atoms with Gasteiger partial charge in [0.25, 0.3) is 0 Å². The zero-order valence-corrected chi connectivity index (χ0v) is 5.82. The molecule has 1 aromatic rings. The summed E-state index contributed by atoms with van der Waals surface area (Å²) in [5.41, 5.74) is 0. The monoisotopic (exact) mass is 153 g/mol. The standard InChI is InChI=1S/C6H7N3O2/c7-3-1-6-8-5(2-4-10)9-11-6/h10H,1-2,4H2. The van der Waals surface area contributed by atoms with Crippen LogP contribution in [0.1, 0.15) is 11.7 Å². The van der Waals surface area contributed by atoms with Gasteiger partial charge in [-0.2, -0.15) is 10.2 Å². The van der Waals surface area contributed by atoms with Gasteiger partial charge in [0.2, 0.25) is 5.89 Å². The fourth-order valence-corrected chi connectivity index (χ4v) is 0.631. The molecule has 1 aromatic heterocycles. The van der Waals surface area contributed by atoms with Crippen molar-refractivity contribution in [2.75, 3.05) is 6.61 Å². The minimum absolute atomic E-state index is 0.00841. The quantitative estimate of drug-likeness (QED) is 0.642. The molecule has 0 amide bonds. The van der Waals surface area contributed by atoms with Gasteiger partial charge in [0.1, 0.15) is 6.42 Å². The van der Waals surface area contributed by atoms with Crippen LogP contribution in [-0.4, -0.2) is 21.9 Å². The van der Waals surface area contributed by atoms with Gasteiger partial charge in [-0.25, -0.2) is 0 Å². The van der Waals surface area contributed by atoms with E-state index in [1.807, 2.05) is 6.07 Å².